The fourth-order valence-electron chi connectivity index (χ4n) is 4.47. The number of hydrogen-bond donors (Lipinski definition) is 1. The van der Waals surface area contributed by atoms with Crippen LogP contribution in [0.3, 0.4) is 0 Å². The van der Waals surface area contributed by atoms with Gasteiger partial charge in [0, 0.05) is 40.8 Å². The summed E-state index contributed by atoms with van der Waals surface area (Å²) in [5.74, 6) is 0.807. The molecule has 1 saturated heterocycles. The molecule has 1 aliphatic heterocycles. The lowest BCUT2D eigenvalue weighted by Gasteiger charge is -2.28. The predicted molar refractivity (Wildman–Crippen MR) is 138 cm³/mol. The van der Waals surface area contributed by atoms with Crippen LogP contribution in [-0.2, 0) is 9.47 Å². The minimum Gasteiger partial charge on any atom is -0.465 e. The van der Waals surface area contributed by atoms with Gasteiger partial charge in [0.2, 0.25) is 0 Å². The van der Waals surface area contributed by atoms with Crippen molar-refractivity contribution in [1.82, 2.24) is 19.8 Å². The van der Waals surface area contributed by atoms with E-state index in [2.05, 4.69) is 44.7 Å². The summed E-state index contributed by atoms with van der Waals surface area (Å²) in [5, 5.41) is 19.0. The van der Waals surface area contributed by atoms with E-state index >= 15 is 0 Å². The van der Waals surface area contributed by atoms with Crippen LogP contribution >= 0.6 is 0 Å². The Kier molecular flexibility index (Phi) is 5.67. The van der Waals surface area contributed by atoms with E-state index in [1.165, 1.54) is 12.8 Å². The molecule has 0 amide bonds. The van der Waals surface area contributed by atoms with Crippen LogP contribution in [0.5, 0.6) is 0 Å². The van der Waals surface area contributed by atoms with Crippen LogP contribution < -0.4 is 10.2 Å². The number of esters is 1. The molecule has 2 aromatic heterocycles. The molecule has 0 spiro atoms. The van der Waals surface area contributed by atoms with Gasteiger partial charge < -0.3 is 19.7 Å². The van der Waals surface area contributed by atoms with Gasteiger partial charge in [0.05, 0.1) is 25.9 Å². The number of fused-ring (bicyclic) bond motifs is 3. The first-order valence-electron chi connectivity index (χ1n) is 11.7. The van der Waals surface area contributed by atoms with Gasteiger partial charge >= 0.3 is 5.97 Å². The number of ether oxygens (including phenoxy) is 2. The van der Waals surface area contributed by atoms with Gasteiger partial charge in [-0.25, -0.2) is 4.79 Å². The van der Waals surface area contributed by atoms with Gasteiger partial charge in [0.15, 0.2) is 17.3 Å². The Hall–Kier alpha value is -4.50. The Morgan fingerprint density at radius 3 is 2.50 bits per heavy atom. The van der Waals surface area contributed by atoms with Gasteiger partial charge in [-0.05, 0) is 36.4 Å². The van der Waals surface area contributed by atoms with Crippen molar-refractivity contribution in [2.75, 3.05) is 43.6 Å². The van der Waals surface area contributed by atoms with Crippen molar-refractivity contribution >= 4 is 39.6 Å². The maximum Gasteiger partial charge on any atom is 0.337 e. The third-order valence-electron chi connectivity index (χ3n) is 6.31. The minimum absolute atomic E-state index is 0.410. The molecule has 0 bridgehead atoms. The first-order valence-corrected chi connectivity index (χ1v) is 11.7. The lowest BCUT2D eigenvalue weighted by Crippen LogP contribution is -2.36. The zero-order chi connectivity index (χ0) is 24.5. The quantitative estimate of drug-likeness (QED) is 0.372. The maximum absolute atomic E-state index is 12.1. The molecular formula is C27H24N6O3. The van der Waals surface area contributed by atoms with E-state index < -0.39 is 5.97 Å². The number of benzene rings is 3. The molecule has 1 aliphatic rings. The summed E-state index contributed by atoms with van der Waals surface area (Å²) in [6.07, 6.45) is 0. The fraction of sp³-hybridized carbons (Fsp3) is 0.185. The third-order valence-corrected chi connectivity index (χ3v) is 6.31. The van der Waals surface area contributed by atoms with Gasteiger partial charge in [-0.1, -0.05) is 36.4 Å². The molecule has 3 heterocycles. The van der Waals surface area contributed by atoms with Crippen LogP contribution in [0.2, 0.25) is 0 Å². The van der Waals surface area contributed by atoms with Gasteiger partial charge in [-0.15, -0.1) is 15.3 Å². The van der Waals surface area contributed by atoms with Gasteiger partial charge in [-0.3, -0.25) is 0 Å². The van der Waals surface area contributed by atoms with E-state index in [4.69, 9.17) is 14.6 Å². The first kappa shape index (κ1) is 22.0. The molecule has 1 N–H and O–H groups in total. The van der Waals surface area contributed by atoms with Crippen molar-refractivity contribution in [3.63, 3.8) is 0 Å². The fourth-order valence-corrected chi connectivity index (χ4v) is 4.47. The highest BCUT2D eigenvalue weighted by Crippen LogP contribution is 2.30. The summed E-state index contributed by atoms with van der Waals surface area (Å²) in [5.41, 5.74) is 3.88. The van der Waals surface area contributed by atoms with Crippen LogP contribution in [0.25, 0.3) is 27.8 Å². The van der Waals surface area contributed by atoms with Crippen LogP contribution in [0.15, 0.2) is 72.8 Å². The molecule has 5 aromatic rings. The summed E-state index contributed by atoms with van der Waals surface area (Å²) in [4.78, 5) is 14.4. The second-order valence-corrected chi connectivity index (χ2v) is 8.50. The van der Waals surface area contributed by atoms with Crippen LogP contribution in [-0.4, -0.2) is 59.2 Å². The number of aromatic nitrogens is 4. The van der Waals surface area contributed by atoms with E-state index in [1.54, 1.807) is 22.7 Å². The summed E-state index contributed by atoms with van der Waals surface area (Å²) in [6, 6.07) is 23.4. The van der Waals surface area contributed by atoms with Gasteiger partial charge in [0.25, 0.3) is 0 Å². The first-order chi connectivity index (χ1) is 17.7. The highest BCUT2D eigenvalue weighted by Gasteiger charge is 2.17. The van der Waals surface area contributed by atoms with Crippen molar-refractivity contribution in [2.24, 2.45) is 0 Å². The Bertz CT molecular complexity index is 1560. The molecule has 0 radical (unpaired) electrons. The number of methoxy groups -OCH3 is 1. The Labute approximate surface area is 207 Å². The number of rotatable bonds is 5. The zero-order valence-corrected chi connectivity index (χ0v) is 19.7. The molecule has 6 rings (SSSR count). The summed E-state index contributed by atoms with van der Waals surface area (Å²) in [6.45, 7) is 3.28. The van der Waals surface area contributed by atoms with Gasteiger partial charge in [0.1, 0.15) is 0 Å². The molecule has 0 saturated carbocycles. The summed E-state index contributed by atoms with van der Waals surface area (Å²) < 4.78 is 12.0. The SMILES string of the molecule is COC(=O)c1cccc(-c2nnc3c4ccccc4c(Nc4ccc(N5CCOCC5)cc4)nn23)c1. The Morgan fingerprint density at radius 2 is 1.72 bits per heavy atom. The van der Waals surface area contributed by atoms with Crippen molar-refractivity contribution in [3.05, 3.63) is 78.4 Å². The topological polar surface area (TPSA) is 93.9 Å². The average Bonchev–Trinajstić information content (AvgIpc) is 3.38. The molecule has 36 heavy (non-hydrogen) atoms. The van der Waals surface area contributed by atoms with Crippen molar-refractivity contribution < 1.29 is 14.3 Å². The number of morpholine rings is 1. The number of carbonyl (C=O) groups is 1. The highest BCUT2D eigenvalue weighted by molar-refractivity contribution is 6.01. The number of nitrogens with one attached hydrogen (secondary N) is 1. The molecule has 1 fully saturated rings. The largest absolute Gasteiger partial charge is 0.465 e. The monoisotopic (exact) mass is 480 g/mol. The zero-order valence-electron chi connectivity index (χ0n) is 19.7. The van der Waals surface area contributed by atoms with Crippen molar-refractivity contribution in [1.29, 1.82) is 0 Å². The lowest BCUT2D eigenvalue weighted by molar-refractivity contribution is 0.0600. The molecule has 0 aliphatic carbocycles. The Balaban J connectivity index is 1.40. The third kappa shape index (κ3) is 3.99. The maximum atomic E-state index is 12.1. The minimum atomic E-state index is -0.410. The van der Waals surface area contributed by atoms with E-state index in [0.717, 1.165) is 42.8 Å². The van der Waals surface area contributed by atoms with Crippen LogP contribution in [0, 0.1) is 0 Å². The average molecular weight is 481 g/mol. The van der Waals surface area contributed by atoms with Crippen molar-refractivity contribution in [3.8, 4) is 11.4 Å². The normalized spacial score (nSPS) is 13.8. The standard InChI is InChI=1S/C27H24N6O3/c1-35-27(34)19-6-4-5-18(17-19)25-29-30-26-23-8-3-2-7-22(23)24(31-33(25)26)28-20-9-11-21(12-10-20)32-13-15-36-16-14-32/h2-12,17H,13-16H2,1H3,(H,28,31). The highest BCUT2D eigenvalue weighted by atomic mass is 16.5. The number of nitrogens with zero attached hydrogens (tertiary/aromatic N) is 5. The molecule has 9 heteroatoms. The number of anilines is 3. The second-order valence-electron chi connectivity index (χ2n) is 8.50. The van der Waals surface area contributed by atoms with Gasteiger partial charge in [-0.2, -0.15) is 4.52 Å². The van der Waals surface area contributed by atoms with E-state index in [0.29, 0.717) is 28.4 Å². The molecule has 3 aromatic carbocycles. The summed E-state index contributed by atoms with van der Waals surface area (Å²) >= 11 is 0. The lowest BCUT2D eigenvalue weighted by atomic mass is 10.1. The predicted octanol–water partition coefficient (Wildman–Crippen LogP) is 4.31. The van der Waals surface area contributed by atoms with Crippen molar-refractivity contribution in [2.45, 2.75) is 0 Å². The van der Waals surface area contributed by atoms with E-state index in [1.807, 2.05) is 30.3 Å². The van der Waals surface area contributed by atoms with Crippen LogP contribution in [0.1, 0.15) is 10.4 Å². The van der Waals surface area contributed by atoms with E-state index in [-0.39, 0.29) is 0 Å². The smallest absolute Gasteiger partial charge is 0.337 e. The number of hydrogen-bond acceptors (Lipinski definition) is 8. The molecular weight excluding hydrogens is 456 g/mol. The number of carbonyl (C=O) groups excluding carboxylic acids is 1. The van der Waals surface area contributed by atoms with Crippen LogP contribution in [0.4, 0.5) is 17.2 Å². The summed E-state index contributed by atoms with van der Waals surface area (Å²) in [7, 11) is 1.36. The van der Waals surface area contributed by atoms with E-state index in [9.17, 15) is 4.79 Å². The second kappa shape index (κ2) is 9.27. The molecule has 0 unspecified atom stereocenters. The molecule has 0 atom stereocenters. The molecule has 180 valence electrons. The Morgan fingerprint density at radius 1 is 0.944 bits per heavy atom. The molecule has 9 nitrogen and oxygen atoms in total.